The molecular formula is C19H16F3N3OS. The van der Waals surface area contributed by atoms with Gasteiger partial charge in [-0.3, -0.25) is 4.79 Å². The Bertz CT molecular complexity index is 936. The smallest absolute Gasteiger partial charge is 0.362 e. The lowest BCUT2D eigenvalue weighted by molar-refractivity contribution is -0.137. The highest BCUT2D eigenvalue weighted by Crippen LogP contribution is 2.29. The monoisotopic (exact) mass is 391 g/mol. The minimum Gasteiger partial charge on any atom is -0.362 e. The summed E-state index contributed by atoms with van der Waals surface area (Å²) in [6.07, 6.45) is -4.43. The zero-order valence-electron chi connectivity index (χ0n) is 14.3. The largest absolute Gasteiger partial charge is 0.416 e. The van der Waals surface area contributed by atoms with Gasteiger partial charge in [0, 0.05) is 28.7 Å². The van der Waals surface area contributed by atoms with E-state index in [1.165, 1.54) is 11.3 Å². The van der Waals surface area contributed by atoms with Crippen molar-refractivity contribution in [1.29, 1.82) is 0 Å². The van der Waals surface area contributed by atoms with Crippen LogP contribution in [-0.4, -0.2) is 17.4 Å². The molecule has 1 heterocycles. The van der Waals surface area contributed by atoms with Crippen LogP contribution in [0.2, 0.25) is 0 Å². The Morgan fingerprint density at radius 3 is 2.56 bits per heavy atom. The Kier molecular flexibility index (Phi) is 5.46. The van der Waals surface area contributed by atoms with Crippen LogP contribution in [0.1, 0.15) is 22.8 Å². The molecule has 0 aliphatic rings. The number of nitrogens with zero attached hydrogens (tertiary/aromatic N) is 1. The molecule has 2 aromatic carbocycles. The van der Waals surface area contributed by atoms with Gasteiger partial charge in [0.15, 0.2) is 5.13 Å². The van der Waals surface area contributed by atoms with Crippen LogP contribution in [0, 0.1) is 0 Å². The summed E-state index contributed by atoms with van der Waals surface area (Å²) in [6.45, 7) is 2.76. The van der Waals surface area contributed by atoms with Crippen LogP contribution < -0.4 is 10.6 Å². The summed E-state index contributed by atoms with van der Waals surface area (Å²) in [6, 6.07) is 11.2. The first-order valence-electron chi connectivity index (χ1n) is 8.15. The molecule has 0 saturated carbocycles. The molecule has 0 unspecified atom stereocenters. The van der Waals surface area contributed by atoms with Crippen LogP contribution in [-0.2, 0) is 6.18 Å². The molecule has 0 aliphatic heterocycles. The lowest BCUT2D eigenvalue weighted by Crippen LogP contribution is -2.12. The van der Waals surface area contributed by atoms with Crippen molar-refractivity contribution >= 4 is 28.1 Å². The van der Waals surface area contributed by atoms with E-state index in [0.29, 0.717) is 5.69 Å². The first-order valence-corrected chi connectivity index (χ1v) is 9.03. The number of carbonyl (C=O) groups excluding carboxylic acids is 1. The summed E-state index contributed by atoms with van der Waals surface area (Å²) < 4.78 is 37.8. The number of aromatic nitrogens is 1. The number of carbonyl (C=O) groups is 1. The lowest BCUT2D eigenvalue weighted by atomic mass is 10.1. The van der Waals surface area contributed by atoms with Crippen LogP contribution in [0.25, 0.3) is 11.3 Å². The molecule has 0 fully saturated rings. The van der Waals surface area contributed by atoms with E-state index in [-0.39, 0.29) is 5.56 Å². The second-order valence-electron chi connectivity index (χ2n) is 5.68. The van der Waals surface area contributed by atoms with Crippen LogP contribution in [0.3, 0.4) is 0 Å². The number of anilines is 2. The fourth-order valence-electron chi connectivity index (χ4n) is 2.41. The van der Waals surface area contributed by atoms with E-state index in [9.17, 15) is 18.0 Å². The van der Waals surface area contributed by atoms with Crippen molar-refractivity contribution in [3.8, 4) is 11.3 Å². The third-order valence-corrected chi connectivity index (χ3v) is 4.52. The van der Waals surface area contributed by atoms with E-state index >= 15 is 0 Å². The second-order valence-corrected chi connectivity index (χ2v) is 6.54. The van der Waals surface area contributed by atoms with Gasteiger partial charge in [0.2, 0.25) is 0 Å². The topological polar surface area (TPSA) is 54.0 Å². The molecule has 3 aromatic rings. The summed E-state index contributed by atoms with van der Waals surface area (Å²) in [4.78, 5) is 16.8. The van der Waals surface area contributed by atoms with Gasteiger partial charge in [-0.25, -0.2) is 4.98 Å². The standard InChI is InChI=1S/C19H16F3N3OS/c1-2-23-18-25-16(11-27-18)13-4-3-5-15(10-13)24-17(26)12-6-8-14(9-7-12)19(20,21)22/h3-11H,2H2,1H3,(H,23,25)(H,24,26). The fraction of sp³-hybridized carbons (Fsp3) is 0.158. The Hall–Kier alpha value is -2.87. The normalized spacial score (nSPS) is 11.3. The number of halogens is 3. The highest BCUT2D eigenvalue weighted by atomic mass is 32.1. The van der Waals surface area contributed by atoms with Crippen LogP contribution >= 0.6 is 11.3 Å². The molecule has 1 amide bonds. The van der Waals surface area contributed by atoms with Crippen molar-refractivity contribution < 1.29 is 18.0 Å². The van der Waals surface area contributed by atoms with Gasteiger partial charge in [0.1, 0.15) is 0 Å². The average molecular weight is 391 g/mol. The molecule has 0 atom stereocenters. The maximum atomic E-state index is 12.6. The van der Waals surface area contributed by atoms with Crippen molar-refractivity contribution in [1.82, 2.24) is 4.98 Å². The highest BCUT2D eigenvalue weighted by Gasteiger charge is 2.30. The van der Waals surface area contributed by atoms with E-state index in [1.807, 2.05) is 18.4 Å². The van der Waals surface area contributed by atoms with Gasteiger partial charge >= 0.3 is 6.18 Å². The summed E-state index contributed by atoms with van der Waals surface area (Å²) in [5.41, 5.74) is 1.51. The molecular weight excluding hydrogens is 375 g/mol. The number of hydrogen-bond acceptors (Lipinski definition) is 4. The van der Waals surface area contributed by atoms with Crippen molar-refractivity contribution in [3.63, 3.8) is 0 Å². The summed E-state index contributed by atoms with van der Waals surface area (Å²) >= 11 is 1.49. The molecule has 0 bridgehead atoms. The maximum absolute atomic E-state index is 12.6. The Morgan fingerprint density at radius 1 is 1.15 bits per heavy atom. The van der Waals surface area contributed by atoms with Crippen LogP contribution in [0.15, 0.2) is 53.9 Å². The number of nitrogens with one attached hydrogen (secondary N) is 2. The third-order valence-electron chi connectivity index (χ3n) is 3.72. The van der Waals surface area contributed by atoms with Gasteiger partial charge in [0.05, 0.1) is 11.3 Å². The molecule has 0 spiro atoms. The maximum Gasteiger partial charge on any atom is 0.416 e. The van der Waals surface area contributed by atoms with Gasteiger partial charge in [-0.05, 0) is 43.3 Å². The fourth-order valence-corrected chi connectivity index (χ4v) is 3.20. The first-order chi connectivity index (χ1) is 12.9. The summed E-state index contributed by atoms with van der Waals surface area (Å²) in [5, 5.41) is 8.56. The molecule has 4 nitrogen and oxygen atoms in total. The number of thiazole rings is 1. The SMILES string of the molecule is CCNc1nc(-c2cccc(NC(=O)c3ccc(C(F)(F)F)cc3)c2)cs1. The zero-order chi connectivity index (χ0) is 19.4. The Morgan fingerprint density at radius 2 is 1.89 bits per heavy atom. The van der Waals surface area contributed by atoms with Crippen LogP contribution in [0.4, 0.5) is 24.0 Å². The van der Waals surface area contributed by atoms with E-state index in [4.69, 9.17) is 0 Å². The van der Waals surface area contributed by atoms with E-state index in [0.717, 1.165) is 47.2 Å². The quantitative estimate of drug-likeness (QED) is 0.603. The second kappa shape index (κ2) is 7.79. The molecule has 140 valence electrons. The molecule has 0 aliphatic carbocycles. The number of alkyl halides is 3. The van der Waals surface area contributed by atoms with Crippen molar-refractivity contribution in [2.45, 2.75) is 13.1 Å². The minimum absolute atomic E-state index is 0.150. The molecule has 1 aromatic heterocycles. The van der Waals surface area contributed by atoms with Gasteiger partial charge in [-0.15, -0.1) is 11.3 Å². The molecule has 27 heavy (non-hydrogen) atoms. The van der Waals surface area contributed by atoms with E-state index < -0.39 is 17.6 Å². The number of hydrogen-bond donors (Lipinski definition) is 2. The van der Waals surface area contributed by atoms with E-state index in [1.54, 1.807) is 18.2 Å². The number of benzene rings is 2. The predicted octanol–water partition coefficient (Wildman–Crippen LogP) is 5.51. The number of amides is 1. The zero-order valence-corrected chi connectivity index (χ0v) is 15.1. The highest BCUT2D eigenvalue weighted by molar-refractivity contribution is 7.14. The molecule has 3 rings (SSSR count). The lowest BCUT2D eigenvalue weighted by Gasteiger charge is -2.09. The van der Waals surface area contributed by atoms with Gasteiger partial charge < -0.3 is 10.6 Å². The predicted molar refractivity (Wildman–Crippen MR) is 101 cm³/mol. The Labute approximate surface area is 158 Å². The van der Waals surface area contributed by atoms with Crippen molar-refractivity contribution in [2.75, 3.05) is 17.2 Å². The van der Waals surface area contributed by atoms with Crippen LogP contribution in [0.5, 0.6) is 0 Å². The molecule has 0 saturated heterocycles. The summed E-state index contributed by atoms with van der Waals surface area (Å²) in [7, 11) is 0. The Balaban J connectivity index is 1.74. The third kappa shape index (κ3) is 4.65. The van der Waals surface area contributed by atoms with E-state index in [2.05, 4.69) is 15.6 Å². The van der Waals surface area contributed by atoms with Gasteiger partial charge in [-0.1, -0.05) is 12.1 Å². The number of rotatable bonds is 5. The van der Waals surface area contributed by atoms with Crippen molar-refractivity contribution in [2.24, 2.45) is 0 Å². The first kappa shape index (κ1) is 18.9. The molecule has 8 heteroatoms. The van der Waals surface area contributed by atoms with Gasteiger partial charge in [0.25, 0.3) is 5.91 Å². The average Bonchev–Trinajstić information content (AvgIpc) is 3.10. The van der Waals surface area contributed by atoms with Crippen molar-refractivity contribution in [3.05, 3.63) is 65.0 Å². The molecule has 2 N–H and O–H groups in total. The van der Waals surface area contributed by atoms with Gasteiger partial charge in [-0.2, -0.15) is 13.2 Å². The molecule has 0 radical (unpaired) electrons. The minimum atomic E-state index is -4.43. The summed E-state index contributed by atoms with van der Waals surface area (Å²) in [5.74, 6) is -0.479.